The average Bonchev–Trinajstić information content (AvgIpc) is 3.25. The van der Waals surface area contributed by atoms with E-state index >= 15 is 0 Å². The van der Waals surface area contributed by atoms with Crippen molar-refractivity contribution in [1.29, 1.82) is 0 Å². The van der Waals surface area contributed by atoms with Crippen LogP contribution in [0, 0.1) is 10.1 Å². The van der Waals surface area contributed by atoms with Crippen molar-refractivity contribution in [2.45, 2.75) is 6.92 Å². The lowest BCUT2D eigenvalue weighted by Gasteiger charge is -2.34. The minimum atomic E-state index is -0.501. The molecule has 3 aromatic rings. The van der Waals surface area contributed by atoms with Gasteiger partial charge in [-0.2, -0.15) is 0 Å². The number of rotatable bonds is 8. The van der Waals surface area contributed by atoms with Gasteiger partial charge in [0.25, 0.3) is 11.6 Å². The SMILES string of the molecule is CCOc1cccc2sc(N3CCN(CCNC(=O)c4cccc([N+](=O)[O-])c4)CC3)nc12. The van der Waals surface area contributed by atoms with Crippen molar-refractivity contribution in [3.8, 4) is 5.75 Å². The van der Waals surface area contributed by atoms with E-state index in [9.17, 15) is 14.9 Å². The first-order chi connectivity index (χ1) is 15.5. The van der Waals surface area contributed by atoms with E-state index in [0.29, 0.717) is 18.7 Å². The molecule has 2 heterocycles. The van der Waals surface area contributed by atoms with Gasteiger partial charge < -0.3 is 15.0 Å². The molecule has 0 radical (unpaired) electrons. The van der Waals surface area contributed by atoms with Crippen LogP contribution in [0.3, 0.4) is 0 Å². The van der Waals surface area contributed by atoms with E-state index in [0.717, 1.165) is 53.8 Å². The molecule has 1 N–H and O–H groups in total. The minimum Gasteiger partial charge on any atom is -0.492 e. The number of benzene rings is 2. The average molecular weight is 456 g/mol. The van der Waals surface area contributed by atoms with Gasteiger partial charge in [0.1, 0.15) is 11.3 Å². The molecule has 32 heavy (non-hydrogen) atoms. The van der Waals surface area contributed by atoms with Gasteiger partial charge in [-0.05, 0) is 25.1 Å². The molecule has 1 aliphatic rings. The molecule has 0 aliphatic carbocycles. The van der Waals surface area contributed by atoms with E-state index < -0.39 is 4.92 Å². The van der Waals surface area contributed by atoms with Gasteiger partial charge in [-0.15, -0.1) is 0 Å². The zero-order chi connectivity index (χ0) is 22.5. The fraction of sp³-hybridized carbons (Fsp3) is 0.364. The van der Waals surface area contributed by atoms with Gasteiger partial charge >= 0.3 is 0 Å². The second-order valence-electron chi connectivity index (χ2n) is 7.42. The number of carbonyl (C=O) groups excluding carboxylic acids is 1. The first-order valence-electron chi connectivity index (χ1n) is 10.6. The van der Waals surface area contributed by atoms with Crippen molar-refractivity contribution in [2.24, 2.45) is 0 Å². The highest BCUT2D eigenvalue weighted by Gasteiger charge is 2.21. The number of carbonyl (C=O) groups is 1. The van der Waals surface area contributed by atoms with Gasteiger partial charge in [0.2, 0.25) is 0 Å². The molecule has 0 saturated carbocycles. The largest absolute Gasteiger partial charge is 0.492 e. The molecule has 0 spiro atoms. The summed E-state index contributed by atoms with van der Waals surface area (Å²) in [7, 11) is 0. The van der Waals surface area contributed by atoms with Crippen molar-refractivity contribution in [2.75, 3.05) is 50.8 Å². The van der Waals surface area contributed by atoms with Crippen LogP contribution >= 0.6 is 11.3 Å². The Hall–Kier alpha value is -3.24. The number of non-ortho nitro benzene ring substituents is 1. The Labute approximate surface area is 189 Å². The van der Waals surface area contributed by atoms with Crippen molar-refractivity contribution >= 4 is 38.3 Å². The third-order valence-electron chi connectivity index (χ3n) is 5.35. The number of nitrogens with zero attached hydrogens (tertiary/aromatic N) is 4. The molecule has 4 rings (SSSR count). The van der Waals surface area contributed by atoms with Crippen molar-refractivity contribution in [3.63, 3.8) is 0 Å². The Morgan fingerprint density at radius 2 is 2.00 bits per heavy atom. The summed E-state index contributed by atoms with van der Waals surface area (Å²) < 4.78 is 6.82. The van der Waals surface area contributed by atoms with E-state index in [4.69, 9.17) is 9.72 Å². The molecule has 1 aromatic heterocycles. The molecule has 0 atom stereocenters. The molecular weight excluding hydrogens is 430 g/mol. The first kappa shape index (κ1) is 22.0. The Morgan fingerprint density at radius 1 is 1.22 bits per heavy atom. The van der Waals surface area contributed by atoms with Gasteiger partial charge in [0, 0.05) is 57.0 Å². The summed E-state index contributed by atoms with van der Waals surface area (Å²) in [6.07, 6.45) is 0. The summed E-state index contributed by atoms with van der Waals surface area (Å²) in [6.45, 7) is 7.27. The van der Waals surface area contributed by atoms with Gasteiger partial charge in [-0.25, -0.2) is 4.98 Å². The Balaban J connectivity index is 1.27. The number of hydrogen-bond acceptors (Lipinski definition) is 8. The second-order valence-corrected chi connectivity index (χ2v) is 8.43. The van der Waals surface area contributed by atoms with E-state index in [1.807, 2.05) is 19.1 Å². The van der Waals surface area contributed by atoms with Crippen LogP contribution in [-0.4, -0.2) is 66.6 Å². The lowest BCUT2D eigenvalue weighted by atomic mass is 10.2. The van der Waals surface area contributed by atoms with Crippen LogP contribution in [0.2, 0.25) is 0 Å². The molecule has 0 bridgehead atoms. The molecule has 0 unspecified atom stereocenters. The highest BCUT2D eigenvalue weighted by atomic mass is 32.1. The number of nitro groups is 1. The Morgan fingerprint density at radius 3 is 2.75 bits per heavy atom. The van der Waals surface area contributed by atoms with E-state index in [-0.39, 0.29) is 11.6 Å². The number of anilines is 1. The van der Waals surface area contributed by atoms with E-state index in [2.05, 4.69) is 21.2 Å². The molecule has 1 fully saturated rings. The van der Waals surface area contributed by atoms with Crippen LogP contribution in [0.5, 0.6) is 5.75 Å². The number of aromatic nitrogens is 1. The van der Waals surface area contributed by atoms with Crippen LogP contribution in [-0.2, 0) is 0 Å². The summed E-state index contributed by atoms with van der Waals surface area (Å²) in [6, 6.07) is 11.8. The number of fused-ring (bicyclic) bond motifs is 1. The second kappa shape index (κ2) is 9.92. The zero-order valence-electron chi connectivity index (χ0n) is 17.8. The predicted molar refractivity (Wildman–Crippen MR) is 125 cm³/mol. The zero-order valence-corrected chi connectivity index (χ0v) is 18.6. The monoisotopic (exact) mass is 455 g/mol. The lowest BCUT2D eigenvalue weighted by Crippen LogP contribution is -2.48. The number of nitrogens with one attached hydrogen (secondary N) is 1. The normalized spacial score (nSPS) is 14.5. The molecular formula is C22H25N5O4S. The third-order valence-corrected chi connectivity index (χ3v) is 6.43. The predicted octanol–water partition coefficient (Wildman–Crippen LogP) is 3.16. The summed E-state index contributed by atoms with van der Waals surface area (Å²) in [5.74, 6) is 0.525. The van der Waals surface area contributed by atoms with Gasteiger partial charge in [-0.1, -0.05) is 23.5 Å². The number of para-hydroxylation sites is 1. The molecule has 168 valence electrons. The third kappa shape index (κ3) is 4.97. The molecule has 9 nitrogen and oxygen atoms in total. The quantitative estimate of drug-likeness (QED) is 0.411. The van der Waals surface area contributed by atoms with Crippen molar-refractivity contribution < 1.29 is 14.5 Å². The smallest absolute Gasteiger partial charge is 0.270 e. The maximum absolute atomic E-state index is 12.3. The molecule has 1 aliphatic heterocycles. The summed E-state index contributed by atoms with van der Waals surface area (Å²) in [5, 5.41) is 14.7. The number of nitro benzene ring substituents is 1. The standard InChI is InChI=1S/C22H25N5O4S/c1-2-31-18-7-4-8-19-20(18)24-22(32-19)26-13-11-25(12-14-26)10-9-23-21(28)16-5-3-6-17(15-16)27(29)30/h3-8,15H,2,9-14H2,1H3,(H,23,28). The molecule has 1 amide bonds. The van der Waals surface area contributed by atoms with Gasteiger partial charge in [-0.3, -0.25) is 19.8 Å². The Bertz CT molecular complexity index is 1110. The summed E-state index contributed by atoms with van der Waals surface area (Å²) in [5.41, 5.74) is 1.13. The summed E-state index contributed by atoms with van der Waals surface area (Å²) in [4.78, 5) is 32.1. The molecule has 1 saturated heterocycles. The fourth-order valence-corrected chi connectivity index (χ4v) is 4.71. The highest BCUT2D eigenvalue weighted by Crippen LogP contribution is 2.34. The Kier molecular flexibility index (Phi) is 6.81. The number of amides is 1. The van der Waals surface area contributed by atoms with Gasteiger partial charge in [0.05, 0.1) is 16.2 Å². The summed E-state index contributed by atoms with van der Waals surface area (Å²) >= 11 is 1.68. The van der Waals surface area contributed by atoms with Crippen LogP contribution in [0.1, 0.15) is 17.3 Å². The molecule has 2 aromatic carbocycles. The number of piperazine rings is 1. The van der Waals surface area contributed by atoms with Crippen molar-refractivity contribution in [3.05, 3.63) is 58.1 Å². The number of hydrogen-bond donors (Lipinski definition) is 1. The maximum Gasteiger partial charge on any atom is 0.270 e. The van der Waals surface area contributed by atoms with Crippen molar-refractivity contribution in [1.82, 2.24) is 15.2 Å². The maximum atomic E-state index is 12.3. The minimum absolute atomic E-state index is 0.0861. The van der Waals surface area contributed by atoms with E-state index in [1.165, 1.54) is 18.2 Å². The highest BCUT2D eigenvalue weighted by molar-refractivity contribution is 7.22. The number of thiazole rings is 1. The van der Waals surface area contributed by atoms with Gasteiger partial charge in [0.15, 0.2) is 5.13 Å². The van der Waals surface area contributed by atoms with Crippen LogP contribution in [0.25, 0.3) is 10.2 Å². The topological polar surface area (TPSA) is 101 Å². The van der Waals surface area contributed by atoms with Crippen LogP contribution < -0.4 is 15.0 Å². The van der Waals surface area contributed by atoms with Crippen LogP contribution in [0.4, 0.5) is 10.8 Å². The fourth-order valence-electron chi connectivity index (χ4n) is 3.67. The first-order valence-corrected chi connectivity index (χ1v) is 11.4. The molecule has 10 heteroatoms. The van der Waals surface area contributed by atoms with Crippen LogP contribution in [0.15, 0.2) is 42.5 Å². The lowest BCUT2D eigenvalue weighted by molar-refractivity contribution is -0.384. The number of ether oxygens (including phenoxy) is 1. The van der Waals surface area contributed by atoms with E-state index in [1.54, 1.807) is 17.4 Å².